The summed E-state index contributed by atoms with van der Waals surface area (Å²) in [7, 11) is 0. The summed E-state index contributed by atoms with van der Waals surface area (Å²) in [6.07, 6.45) is 0.416. The Kier molecular flexibility index (Phi) is 5.78. The number of hydrogen-bond acceptors (Lipinski definition) is 3. The van der Waals surface area contributed by atoms with Crippen molar-refractivity contribution in [1.82, 2.24) is 0 Å². The zero-order valence-electron chi connectivity index (χ0n) is 12.7. The monoisotopic (exact) mass is 296 g/mol. The first kappa shape index (κ1) is 15.8. The van der Waals surface area contributed by atoms with Crippen LogP contribution in [0.25, 0.3) is 0 Å². The van der Waals surface area contributed by atoms with Crippen LogP contribution in [-0.4, -0.2) is 12.6 Å². The number of para-hydroxylation sites is 1. The molecule has 0 fully saturated rings. The lowest BCUT2D eigenvalue weighted by Gasteiger charge is -2.19. The Morgan fingerprint density at radius 2 is 1.64 bits per heavy atom. The Bertz CT molecular complexity index is 605. The van der Waals surface area contributed by atoms with Crippen LogP contribution in [0.2, 0.25) is 0 Å². The summed E-state index contributed by atoms with van der Waals surface area (Å²) in [5.74, 6) is 0.425. The third-order valence-electron chi connectivity index (χ3n) is 3.15. The summed E-state index contributed by atoms with van der Waals surface area (Å²) in [4.78, 5) is 11.5. The maximum Gasteiger partial charge on any atom is 0.333 e. The van der Waals surface area contributed by atoms with E-state index in [2.05, 4.69) is 6.58 Å². The van der Waals surface area contributed by atoms with Crippen molar-refractivity contribution in [3.63, 3.8) is 0 Å². The van der Waals surface area contributed by atoms with Gasteiger partial charge in [0.1, 0.15) is 11.9 Å². The smallest absolute Gasteiger partial charge is 0.333 e. The second-order valence-electron chi connectivity index (χ2n) is 5.04. The topological polar surface area (TPSA) is 35.5 Å². The van der Waals surface area contributed by atoms with Crippen molar-refractivity contribution in [2.45, 2.75) is 19.4 Å². The Morgan fingerprint density at radius 3 is 2.23 bits per heavy atom. The maximum atomic E-state index is 11.5. The zero-order chi connectivity index (χ0) is 15.8. The van der Waals surface area contributed by atoms with Crippen LogP contribution in [0.4, 0.5) is 0 Å². The van der Waals surface area contributed by atoms with E-state index in [0.29, 0.717) is 12.0 Å². The number of carbonyl (C=O) groups is 1. The molecule has 0 heterocycles. The third-order valence-corrected chi connectivity index (χ3v) is 3.15. The van der Waals surface area contributed by atoms with Crippen molar-refractivity contribution < 1.29 is 14.3 Å². The highest BCUT2D eigenvalue weighted by molar-refractivity contribution is 5.86. The fourth-order valence-electron chi connectivity index (χ4n) is 2.01. The summed E-state index contributed by atoms with van der Waals surface area (Å²) < 4.78 is 11.2. The zero-order valence-corrected chi connectivity index (χ0v) is 12.7. The van der Waals surface area contributed by atoms with E-state index >= 15 is 0 Å². The minimum absolute atomic E-state index is 0.165. The predicted molar refractivity (Wildman–Crippen MR) is 86.6 cm³/mol. The molecule has 0 aliphatic rings. The molecular weight excluding hydrogens is 276 g/mol. The molecule has 114 valence electrons. The fraction of sp³-hybridized carbons (Fsp3) is 0.211. The Balaban J connectivity index is 2.02. The normalized spacial score (nSPS) is 11.5. The van der Waals surface area contributed by atoms with E-state index in [1.54, 1.807) is 6.92 Å². The lowest BCUT2D eigenvalue weighted by molar-refractivity contribution is -0.139. The molecule has 0 radical (unpaired) electrons. The molecule has 2 rings (SSSR count). The van der Waals surface area contributed by atoms with Crippen molar-refractivity contribution in [3.8, 4) is 5.75 Å². The van der Waals surface area contributed by atoms with Crippen molar-refractivity contribution >= 4 is 5.97 Å². The standard InChI is InChI=1S/C19H20O3/c1-15(2)19(20)21-14-13-18(16-9-5-3-6-10-16)22-17-11-7-4-8-12-17/h3-12,18H,1,13-14H2,2H3. The maximum absolute atomic E-state index is 11.5. The van der Waals surface area contributed by atoms with Gasteiger partial charge in [-0.1, -0.05) is 55.1 Å². The number of carbonyl (C=O) groups excluding carboxylic acids is 1. The lowest BCUT2D eigenvalue weighted by atomic mass is 10.1. The lowest BCUT2D eigenvalue weighted by Crippen LogP contribution is -2.13. The van der Waals surface area contributed by atoms with Crippen LogP contribution in [-0.2, 0) is 9.53 Å². The van der Waals surface area contributed by atoms with Gasteiger partial charge < -0.3 is 9.47 Å². The van der Waals surface area contributed by atoms with Crippen LogP contribution in [0.15, 0.2) is 72.8 Å². The van der Waals surface area contributed by atoms with E-state index in [4.69, 9.17) is 9.47 Å². The molecule has 0 aliphatic carbocycles. The van der Waals surface area contributed by atoms with Crippen LogP contribution < -0.4 is 4.74 Å². The summed E-state index contributed by atoms with van der Waals surface area (Å²) in [5.41, 5.74) is 1.46. The number of hydrogen-bond donors (Lipinski definition) is 0. The minimum atomic E-state index is -0.369. The first-order valence-electron chi connectivity index (χ1n) is 7.26. The van der Waals surface area contributed by atoms with Gasteiger partial charge in [-0.15, -0.1) is 0 Å². The molecule has 0 aromatic heterocycles. The number of esters is 1. The Labute approximate surface area is 131 Å². The van der Waals surface area contributed by atoms with E-state index in [1.807, 2.05) is 60.7 Å². The van der Waals surface area contributed by atoms with Gasteiger partial charge in [-0.3, -0.25) is 0 Å². The van der Waals surface area contributed by atoms with E-state index in [-0.39, 0.29) is 18.7 Å². The average Bonchev–Trinajstić information content (AvgIpc) is 2.55. The van der Waals surface area contributed by atoms with Crippen LogP contribution >= 0.6 is 0 Å². The van der Waals surface area contributed by atoms with Gasteiger partial charge in [0.2, 0.25) is 0 Å². The molecule has 0 saturated carbocycles. The molecule has 0 aliphatic heterocycles. The predicted octanol–water partition coefficient (Wildman–Crippen LogP) is 4.32. The molecular formula is C19H20O3. The molecule has 1 atom stereocenters. The molecule has 3 nitrogen and oxygen atoms in total. The molecule has 0 N–H and O–H groups in total. The van der Waals surface area contributed by atoms with Gasteiger partial charge in [0, 0.05) is 12.0 Å². The summed E-state index contributed by atoms with van der Waals surface area (Å²) in [6.45, 7) is 5.50. The Morgan fingerprint density at radius 1 is 1.05 bits per heavy atom. The Hall–Kier alpha value is -2.55. The van der Waals surface area contributed by atoms with Crippen molar-refractivity contribution in [3.05, 3.63) is 78.4 Å². The second kappa shape index (κ2) is 8.03. The number of rotatable bonds is 7. The second-order valence-corrected chi connectivity index (χ2v) is 5.04. The average molecular weight is 296 g/mol. The first-order chi connectivity index (χ1) is 10.7. The van der Waals surface area contributed by atoms with Gasteiger partial charge in [0.15, 0.2) is 0 Å². The summed E-state index contributed by atoms with van der Waals surface area (Å²) >= 11 is 0. The van der Waals surface area contributed by atoms with Crippen LogP contribution in [0.3, 0.4) is 0 Å². The highest BCUT2D eigenvalue weighted by Gasteiger charge is 2.14. The molecule has 22 heavy (non-hydrogen) atoms. The third kappa shape index (κ3) is 4.77. The van der Waals surface area contributed by atoms with Crippen LogP contribution in [0.5, 0.6) is 5.75 Å². The number of benzene rings is 2. The molecule has 0 spiro atoms. The molecule has 0 bridgehead atoms. The summed E-state index contributed by atoms with van der Waals surface area (Å²) in [6, 6.07) is 19.5. The van der Waals surface area contributed by atoms with Crippen molar-refractivity contribution in [2.75, 3.05) is 6.61 Å². The van der Waals surface area contributed by atoms with Crippen molar-refractivity contribution in [2.24, 2.45) is 0 Å². The summed E-state index contributed by atoms with van der Waals surface area (Å²) in [5, 5.41) is 0. The van der Waals surface area contributed by atoms with Gasteiger partial charge in [-0.25, -0.2) is 4.79 Å². The molecule has 0 amide bonds. The number of ether oxygens (including phenoxy) is 2. The van der Waals surface area contributed by atoms with E-state index in [9.17, 15) is 4.79 Å². The molecule has 2 aromatic rings. The van der Waals surface area contributed by atoms with Gasteiger partial charge >= 0.3 is 5.97 Å². The van der Waals surface area contributed by atoms with E-state index in [1.165, 1.54) is 0 Å². The van der Waals surface area contributed by atoms with E-state index < -0.39 is 0 Å². The SMILES string of the molecule is C=C(C)C(=O)OCCC(Oc1ccccc1)c1ccccc1. The van der Waals surface area contributed by atoms with Gasteiger partial charge in [-0.2, -0.15) is 0 Å². The first-order valence-corrected chi connectivity index (χ1v) is 7.26. The van der Waals surface area contributed by atoms with E-state index in [0.717, 1.165) is 11.3 Å². The minimum Gasteiger partial charge on any atom is -0.486 e. The van der Waals surface area contributed by atoms with Gasteiger partial charge in [0.25, 0.3) is 0 Å². The molecule has 0 saturated heterocycles. The van der Waals surface area contributed by atoms with Crippen LogP contribution in [0.1, 0.15) is 25.0 Å². The van der Waals surface area contributed by atoms with Gasteiger partial charge in [-0.05, 0) is 24.6 Å². The highest BCUT2D eigenvalue weighted by atomic mass is 16.5. The van der Waals surface area contributed by atoms with Crippen LogP contribution in [0, 0.1) is 0 Å². The molecule has 1 unspecified atom stereocenters. The van der Waals surface area contributed by atoms with Gasteiger partial charge in [0.05, 0.1) is 6.61 Å². The molecule has 3 heteroatoms. The largest absolute Gasteiger partial charge is 0.486 e. The van der Waals surface area contributed by atoms with Crippen molar-refractivity contribution in [1.29, 1.82) is 0 Å². The fourth-order valence-corrected chi connectivity index (χ4v) is 2.01. The highest BCUT2D eigenvalue weighted by Crippen LogP contribution is 2.24. The quantitative estimate of drug-likeness (QED) is 0.564. The molecule has 2 aromatic carbocycles.